The Labute approximate surface area is 136 Å². The smallest absolute Gasteiger partial charge is 0.261 e. The minimum absolute atomic E-state index is 0.0933. The van der Waals surface area contributed by atoms with Gasteiger partial charge in [0.2, 0.25) is 5.91 Å². The fraction of sp³-hybridized carbons (Fsp3) is 0.500. The third-order valence-corrected chi connectivity index (χ3v) is 4.77. The number of amides is 3. The minimum Gasteiger partial charge on any atom is -0.353 e. The fourth-order valence-corrected chi connectivity index (χ4v) is 3.51. The van der Waals surface area contributed by atoms with Gasteiger partial charge >= 0.3 is 0 Å². The number of benzene rings is 1. The van der Waals surface area contributed by atoms with Crippen molar-refractivity contribution in [2.45, 2.75) is 45.6 Å². The lowest BCUT2D eigenvalue weighted by molar-refractivity contribution is -0.121. The van der Waals surface area contributed by atoms with E-state index < -0.39 is 0 Å². The Balaban J connectivity index is 1.54. The lowest BCUT2D eigenvalue weighted by Gasteiger charge is -2.18. The van der Waals surface area contributed by atoms with Crippen LogP contribution in [0.1, 0.15) is 60.2 Å². The SMILES string of the molecule is CC1(C)CCC(NC(=O)CCN2C(=O)c3ccccc3C2=O)C1. The standard InChI is InChI=1S/C18H22N2O3/c1-18(2)9-7-12(11-18)19-15(21)8-10-20-16(22)13-5-3-4-6-14(13)17(20)23/h3-6,12H,7-11H2,1-2H3,(H,19,21). The highest BCUT2D eigenvalue weighted by Gasteiger charge is 2.35. The lowest BCUT2D eigenvalue weighted by Crippen LogP contribution is -2.38. The number of nitrogens with zero attached hydrogens (tertiary/aromatic N) is 1. The molecule has 1 unspecified atom stereocenters. The maximum atomic E-state index is 12.2. The molecule has 0 spiro atoms. The largest absolute Gasteiger partial charge is 0.353 e. The van der Waals surface area contributed by atoms with Gasteiger partial charge in [-0.1, -0.05) is 26.0 Å². The van der Waals surface area contributed by atoms with Crippen LogP contribution >= 0.6 is 0 Å². The van der Waals surface area contributed by atoms with E-state index in [4.69, 9.17) is 0 Å². The van der Waals surface area contributed by atoms with Crippen molar-refractivity contribution in [1.29, 1.82) is 0 Å². The summed E-state index contributed by atoms with van der Waals surface area (Å²) in [5, 5.41) is 3.02. The molecule has 1 aromatic rings. The van der Waals surface area contributed by atoms with Crippen LogP contribution in [0.25, 0.3) is 0 Å². The molecule has 5 nitrogen and oxygen atoms in total. The van der Waals surface area contributed by atoms with Crippen molar-refractivity contribution in [3.8, 4) is 0 Å². The van der Waals surface area contributed by atoms with Crippen LogP contribution in [0.4, 0.5) is 0 Å². The zero-order valence-corrected chi connectivity index (χ0v) is 13.6. The number of rotatable bonds is 4. The van der Waals surface area contributed by atoms with Crippen molar-refractivity contribution in [3.63, 3.8) is 0 Å². The van der Waals surface area contributed by atoms with Crippen LogP contribution in [0.2, 0.25) is 0 Å². The van der Waals surface area contributed by atoms with Crippen molar-refractivity contribution in [3.05, 3.63) is 35.4 Å². The average molecular weight is 314 g/mol. The Kier molecular flexibility index (Phi) is 3.96. The summed E-state index contributed by atoms with van der Waals surface area (Å²) in [4.78, 5) is 37.7. The normalized spacial score (nSPS) is 22.3. The highest BCUT2D eigenvalue weighted by molar-refractivity contribution is 6.21. The predicted octanol–water partition coefficient (Wildman–Crippen LogP) is 2.37. The van der Waals surface area contributed by atoms with E-state index in [1.54, 1.807) is 24.3 Å². The van der Waals surface area contributed by atoms with Gasteiger partial charge in [0.05, 0.1) is 11.1 Å². The van der Waals surface area contributed by atoms with Crippen LogP contribution in [-0.4, -0.2) is 35.2 Å². The van der Waals surface area contributed by atoms with Gasteiger partial charge in [0, 0.05) is 19.0 Å². The minimum atomic E-state index is -0.305. The highest BCUT2D eigenvalue weighted by atomic mass is 16.2. The molecule has 1 aliphatic heterocycles. The lowest BCUT2D eigenvalue weighted by atomic mass is 9.92. The molecule has 2 aliphatic rings. The van der Waals surface area contributed by atoms with Crippen molar-refractivity contribution in [1.82, 2.24) is 10.2 Å². The topological polar surface area (TPSA) is 66.5 Å². The molecular weight excluding hydrogens is 292 g/mol. The van der Waals surface area contributed by atoms with Gasteiger partial charge in [0.1, 0.15) is 0 Å². The van der Waals surface area contributed by atoms with Crippen LogP contribution in [0.3, 0.4) is 0 Å². The van der Waals surface area contributed by atoms with Crippen molar-refractivity contribution in [2.24, 2.45) is 5.41 Å². The van der Waals surface area contributed by atoms with E-state index in [9.17, 15) is 14.4 Å². The third-order valence-electron chi connectivity index (χ3n) is 4.77. The maximum Gasteiger partial charge on any atom is 0.261 e. The summed E-state index contributed by atoms with van der Waals surface area (Å²) in [5.41, 5.74) is 1.13. The molecule has 1 fully saturated rings. The van der Waals surface area contributed by atoms with Crippen molar-refractivity contribution < 1.29 is 14.4 Å². The molecule has 23 heavy (non-hydrogen) atoms. The Morgan fingerprint density at radius 3 is 2.35 bits per heavy atom. The van der Waals surface area contributed by atoms with Gasteiger partial charge in [-0.2, -0.15) is 0 Å². The van der Waals surface area contributed by atoms with Gasteiger partial charge in [0.25, 0.3) is 11.8 Å². The zero-order chi connectivity index (χ0) is 16.6. The first-order valence-electron chi connectivity index (χ1n) is 8.12. The molecule has 1 N–H and O–H groups in total. The quantitative estimate of drug-likeness (QED) is 0.868. The summed E-state index contributed by atoms with van der Waals surface area (Å²) in [5.74, 6) is -0.704. The Morgan fingerprint density at radius 2 is 1.83 bits per heavy atom. The molecule has 1 heterocycles. The van der Waals surface area contributed by atoms with E-state index in [1.807, 2.05) is 0 Å². The summed E-state index contributed by atoms with van der Waals surface area (Å²) in [6.07, 6.45) is 3.23. The molecule has 0 bridgehead atoms. The summed E-state index contributed by atoms with van der Waals surface area (Å²) >= 11 is 0. The second kappa shape index (κ2) is 5.80. The Hall–Kier alpha value is -2.17. The number of imide groups is 1. The van der Waals surface area contributed by atoms with Gasteiger partial charge in [-0.25, -0.2) is 0 Å². The van der Waals surface area contributed by atoms with Gasteiger partial charge in [-0.15, -0.1) is 0 Å². The van der Waals surface area contributed by atoms with Gasteiger partial charge in [0.15, 0.2) is 0 Å². The number of hydrogen-bond acceptors (Lipinski definition) is 3. The molecule has 3 amide bonds. The van der Waals surface area contributed by atoms with Gasteiger partial charge in [-0.05, 0) is 36.8 Å². The second-order valence-electron chi connectivity index (χ2n) is 7.23. The second-order valence-corrected chi connectivity index (χ2v) is 7.23. The first-order valence-corrected chi connectivity index (χ1v) is 8.12. The molecule has 0 saturated heterocycles. The maximum absolute atomic E-state index is 12.2. The number of carbonyl (C=O) groups excluding carboxylic acids is 3. The molecule has 1 saturated carbocycles. The van der Waals surface area contributed by atoms with Gasteiger partial charge in [-0.3, -0.25) is 19.3 Å². The summed E-state index contributed by atoms with van der Waals surface area (Å²) in [7, 11) is 0. The molecule has 1 aromatic carbocycles. The Bertz CT molecular complexity index is 631. The third kappa shape index (κ3) is 3.14. The zero-order valence-electron chi connectivity index (χ0n) is 13.6. The molecule has 0 aromatic heterocycles. The predicted molar refractivity (Wildman–Crippen MR) is 86.0 cm³/mol. The van der Waals surface area contributed by atoms with Crippen LogP contribution in [0.5, 0.6) is 0 Å². The fourth-order valence-electron chi connectivity index (χ4n) is 3.51. The number of nitrogens with one attached hydrogen (secondary N) is 1. The molecule has 1 atom stereocenters. The summed E-state index contributed by atoms with van der Waals surface area (Å²) in [6, 6.07) is 6.98. The summed E-state index contributed by atoms with van der Waals surface area (Å²) < 4.78 is 0. The van der Waals surface area contributed by atoms with Crippen LogP contribution in [0, 0.1) is 5.41 Å². The van der Waals surface area contributed by atoms with E-state index in [1.165, 1.54) is 4.90 Å². The molecule has 122 valence electrons. The van der Waals surface area contributed by atoms with Crippen LogP contribution < -0.4 is 5.32 Å². The monoisotopic (exact) mass is 314 g/mol. The van der Waals surface area contributed by atoms with E-state index in [2.05, 4.69) is 19.2 Å². The van der Waals surface area contributed by atoms with Gasteiger partial charge < -0.3 is 5.32 Å². The molecule has 1 aliphatic carbocycles. The average Bonchev–Trinajstić information content (AvgIpc) is 2.96. The Morgan fingerprint density at radius 1 is 1.22 bits per heavy atom. The van der Waals surface area contributed by atoms with E-state index in [0.717, 1.165) is 19.3 Å². The van der Waals surface area contributed by atoms with Crippen LogP contribution in [-0.2, 0) is 4.79 Å². The first-order chi connectivity index (χ1) is 10.9. The van der Waals surface area contributed by atoms with E-state index >= 15 is 0 Å². The van der Waals surface area contributed by atoms with Crippen molar-refractivity contribution in [2.75, 3.05) is 6.54 Å². The highest BCUT2D eigenvalue weighted by Crippen LogP contribution is 2.36. The van der Waals surface area contributed by atoms with Crippen LogP contribution in [0.15, 0.2) is 24.3 Å². The number of carbonyl (C=O) groups is 3. The first kappa shape index (κ1) is 15.7. The summed E-state index contributed by atoms with van der Waals surface area (Å²) in [6.45, 7) is 4.55. The van der Waals surface area contributed by atoms with Crippen molar-refractivity contribution >= 4 is 17.7 Å². The molecule has 3 rings (SSSR count). The molecular formula is C18H22N2O3. The molecule has 0 radical (unpaired) electrons. The molecule has 5 heteroatoms. The number of hydrogen-bond donors (Lipinski definition) is 1. The van der Waals surface area contributed by atoms with E-state index in [-0.39, 0.29) is 42.1 Å². The van der Waals surface area contributed by atoms with E-state index in [0.29, 0.717) is 11.1 Å². The number of fused-ring (bicyclic) bond motifs is 1.